The second kappa shape index (κ2) is 13.6. The van der Waals surface area contributed by atoms with Crippen molar-refractivity contribution in [2.24, 2.45) is 5.92 Å². The van der Waals surface area contributed by atoms with Gasteiger partial charge in [-0.1, -0.05) is 73.2 Å². The second-order valence-electron chi connectivity index (χ2n) is 10.2. The van der Waals surface area contributed by atoms with Crippen LogP contribution in [0.15, 0.2) is 66.7 Å². The number of piperidine rings is 1. The summed E-state index contributed by atoms with van der Waals surface area (Å²) in [6.45, 7) is 3.13. The summed E-state index contributed by atoms with van der Waals surface area (Å²) in [5.41, 5.74) is 3.92. The van der Waals surface area contributed by atoms with Gasteiger partial charge in [0.05, 0.1) is 12.7 Å². The average Bonchev–Trinajstić information content (AvgIpc) is 3.29. The van der Waals surface area contributed by atoms with Crippen LogP contribution in [0.1, 0.15) is 74.5 Å². The zero-order chi connectivity index (χ0) is 24.3. The monoisotopic (exact) mass is 475 g/mol. The van der Waals surface area contributed by atoms with Gasteiger partial charge >= 0.3 is 5.97 Å². The van der Waals surface area contributed by atoms with Crippen LogP contribution in [0.25, 0.3) is 0 Å². The molecule has 2 aromatic rings. The van der Waals surface area contributed by atoms with Crippen molar-refractivity contribution in [3.8, 4) is 0 Å². The molecule has 0 aromatic heterocycles. The summed E-state index contributed by atoms with van der Waals surface area (Å²) in [4.78, 5) is 13.5. The van der Waals surface area contributed by atoms with Crippen molar-refractivity contribution in [2.45, 2.75) is 83.0 Å². The fraction of sp³-hybridized carbons (Fsp3) is 0.516. The average molecular weight is 476 g/mol. The highest BCUT2D eigenvalue weighted by Gasteiger charge is 2.39. The third-order valence-electron chi connectivity index (χ3n) is 7.67. The number of ether oxygens (including phenoxy) is 1. The standard InChI is InChI=1S/C31H41NO3/c33-31(34)14-8-2-1-7-13-28-29(32-21-9-4-10-22-32)19-20-30(28)35-24-27-17-15-26(16-18-27)23-25-11-5-3-6-12-25/h1-3,5-6,11-12,15-18,28-30H,4,7-10,13-14,19-24H2,(H,33,34)/b2-1+. The number of carboxylic acid groups (broad SMARTS) is 1. The van der Waals surface area contributed by atoms with E-state index in [1.165, 1.54) is 55.5 Å². The molecule has 2 aliphatic rings. The highest BCUT2D eigenvalue weighted by Crippen LogP contribution is 2.37. The predicted molar refractivity (Wildman–Crippen MR) is 141 cm³/mol. The van der Waals surface area contributed by atoms with Crippen molar-refractivity contribution in [3.05, 3.63) is 83.4 Å². The van der Waals surface area contributed by atoms with Gasteiger partial charge in [0, 0.05) is 18.4 Å². The summed E-state index contributed by atoms with van der Waals surface area (Å²) >= 11 is 0. The molecule has 3 unspecified atom stereocenters. The zero-order valence-electron chi connectivity index (χ0n) is 21.0. The first kappa shape index (κ1) is 25.7. The zero-order valence-corrected chi connectivity index (χ0v) is 21.0. The van der Waals surface area contributed by atoms with Crippen LogP contribution in [0.2, 0.25) is 0 Å². The SMILES string of the molecule is O=C(O)CC/C=C/CCC1C(OCc2ccc(Cc3ccccc3)cc2)CCC1N1CCCCC1. The van der Waals surface area contributed by atoms with Gasteiger partial charge in [0.2, 0.25) is 0 Å². The third kappa shape index (κ3) is 8.05. The van der Waals surface area contributed by atoms with Crippen molar-refractivity contribution in [3.63, 3.8) is 0 Å². The molecule has 1 aliphatic carbocycles. The summed E-state index contributed by atoms with van der Waals surface area (Å²) < 4.78 is 6.56. The van der Waals surface area contributed by atoms with Crippen molar-refractivity contribution in [1.29, 1.82) is 0 Å². The first-order valence-corrected chi connectivity index (χ1v) is 13.5. The molecule has 0 amide bonds. The van der Waals surface area contributed by atoms with E-state index in [9.17, 15) is 4.79 Å². The van der Waals surface area contributed by atoms with E-state index in [0.29, 0.717) is 31.1 Å². The number of carbonyl (C=O) groups is 1. The van der Waals surface area contributed by atoms with Crippen LogP contribution in [0.3, 0.4) is 0 Å². The minimum atomic E-state index is -0.725. The van der Waals surface area contributed by atoms with Crippen LogP contribution in [0.4, 0.5) is 0 Å². The Morgan fingerprint density at radius 1 is 0.886 bits per heavy atom. The van der Waals surface area contributed by atoms with Gasteiger partial charge in [-0.15, -0.1) is 0 Å². The Morgan fingerprint density at radius 2 is 1.57 bits per heavy atom. The molecular formula is C31H41NO3. The summed E-state index contributed by atoms with van der Waals surface area (Å²) in [5.74, 6) is -0.174. The number of benzene rings is 2. The lowest BCUT2D eigenvalue weighted by molar-refractivity contribution is -0.136. The first-order chi connectivity index (χ1) is 17.2. The number of rotatable bonds is 12. The van der Waals surface area contributed by atoms with Crippen LogP contribution in [-0.2, 0) is 22.6 Å². The molecule has 1 saturated heterocycles. The summed E-state index contributed by atoms with van der Waals surface area (Å²) in [6, 6.07) is 20.1. The van der Waals surface area contributed by atoms with E-state index in [4.69, 9.17) is 9.84 Å². The number of hydrogen-bond acceptors (Lipinski definition) is 3. The first-order valence-electron chi connectivity index (χ1n) is 13.5. The molecule has 1 saturated carbocycles. The highest BCUT2D eigenvalue weighted by atomic mass is 16.5. The molecule has 4 rings (SSSR count). The van der Waals surface area contributed by atoms with E-state index in [1.54, 1.807) is 0 Å². The van der Waals surface area contributed by atoms with Gasteiger partial charge in [0.1, 0.15) is 0 Å². The van der Waals surface area contributed by atoms with E-state index in [0.717, 1.165) is 25.7 Å². The Hall–Kier alpha value is -2.43. The number of aliphatic carboxylic acids is 1. The van der Waals surface area contributed by atoms with E-state index in [2.05, 4.69) is 65.6 Å². The van der Waals surface area contributed by atoms with Crippen molar-refractivity contribution in [1.82, 2.24) is 4.90 Å². The Balaban J connectivity index is 1.31. The highest BCUT2D eigenvalue weighted by molar-refractivity contribution is 5.66. The maximum Gasteiger partial charge on any atom is 0.303 e. The molecule has 0 radical (unpaired) electrons. The quantitative estimate of drug-likeness (QED) is 0.350. The summed E-state index contributed by atoms with van der Waals surface area (Å²) in [7, 11) is 0. The molecule has 188 valence electrons. The second-order valence-corrected chi connectivity index (χ2v) is 10.2. The van der Waals surface area contributed by atoms with Gasteiger partial charge in [-0.2, -0.15) is 0 Å². The van der Waals surface area contributed by atoms with Gasteiger partial charge in [-0.25, -0.2) is 0 Å². The maximum absolute atomic E-state index is 10.7. The summed E-state index contributed by atoms with van der Waals surface area (Å²) in [6.07, 6.45) is 14.8. The smallest absolute Gasteiger partial charge is 0.303 e. The van der Waals surface area contributed by atoms with Crippen molar-refractivity contribution in [2.75, 3.05) is 13.1 Å². The topological polar surface area (TPSA) is 49.8 Å². The molecule has 2 aromatic carbocycles. The number of hydrogen-bond donors (Lipinski definition) is 1. The molecule has 2 fully saturated rings. The molecule has 4 nitrogen and oxygen atoms in total. The van der Waals surface area contributed by atoms with E-state index >= 15 is 0 Å². The van der Waals surface area contributed by atoms with E-state index < -0.39 is 5.97 Å². The number of nitrogens with zero attached hydrogens (tertiary/aromatic N) is 1. The molecule has 0 spiro atoms. The molecule has 35 heavy (non-hydrogen) atoms. The van der Waals surface area contributed by atoms with Crippen molar-refractivity contribution < 1.29 is 14.6 Å². The lowest BCUT2D eigenvalue weighted by atomic mass is 9.93. The molecule has 1 heterocycles. The molecule has 4 heteroatoms. The van der Waals surface area contributed by atoms with E-state index in [-0.39, 0.29) is 6.42 Å². The van der Waals surface area contributed by atoms with Gasteiger partial charge in [-0.3, -0.25) is 4.79 Å². The number of likely N-dealkylation sites (tertiary alicyclic amines) is 1. The normalized spacial score (nSPS) is 23.1. The Morgan fingerprint density at radius 3 is 2.31 bits per heavy atom. The van der Waals surface area contributed by atoms with Crippen LogP contribution < -0.4 is 0 Å². The minimum absolute atomic E-state index is 0.214. The molecule has 0 bridgehead atoms. The molecular weight excluding hydrogens is 434 g/mol. The van der Waals surface area contributed by atoms with Gasteiger partial charge in [-0.05, 0) is 81.1 Å². The number of allylic oxidation sites excluding steroid dienone is 2. The molecule has 1 N–H and O–H groups in total. The lowest BCUT2D eigenvalue weighted by Crippen LogP contribution is -2.43. The maximum atomic E-state index is 10.7. The Kier molecular flexibility index (Phi) is 9.97. The fourth-order valence-corrected chi connectivity index (χ4v) is 5.82. The molecule has 1 aliphatic heterocycles. The van der Waals surface area contributed by atoms with Crippen LogP contribution in [0.5, 0.6) is 0 Å². The molecule has 3 atom stereocenters. The Labute approximate surface area is 211 Å². The van der Waals surface area contributed by atoms with Gasteiger partial charge in [0.25, 0.3) is 0 Å². The lowest BCUT2D eigenvalue weighted by Gasteiger charge is -2.37. The van der Waals surface area contributed by atoms with Crippen LogP contribution in [-0.4, -0.2) is 41.2 Å². The van der Waals surface area contributed by atoms with Crippen LogP contribution >= 0.6 is 0 Å². The minimum Gasteiger partial charge on any atom is -0.481 e. The summed E-state index contributed by atoms with van der Waals surface area (Å²) in [5, 5.41) is 8.83. The van der Waals surface area contributed by atoms with Gasteiger partial charge in [0.15, 0.2) is 0 Å². The van der Waals surface area contributed by atoms with Gasteiger partial charge < -0.3 is 14.7 Å². The largest absolute Gasteiger partial charge is 0.481 e. The van der Waals surface area contributed by atoms with Crippen molar-refractivity contribution >= 4 is 5.97 Å². The Bertz CT molecular complexity index is 918. The van der Waals surface area contributed by atoms with E-state index in [1.807, 2.05) is 6.08 Å². The van der Waals surface area contributed by atoms with Crippen LogP contribution in [0, 0.1) is 5.92 Å². The number of carboxylic acids is 1. The predicted octanol–water partition coefficient (Wildman–Crippen LogP) is 6.63. The fourth-order valence-electron chi connectivity index (χ4n) is 5.82. The third-order valence-corrected chi connectivity index (χ3v) is 7.67.